The van der Waals surface area contributed by atoms with Gasteiger partial charge in [0.2, 0.25) is 5.91 Å². The van der Waals surface area contributed by atoms with Crippen LogP contribution in [0.1, 0.15) is 18.4 Å². The van der Waals surface area contributed by atoms with Gasteiger partial charge in [-0.15, -0.1) is 0 Å². The second kappa shape index (κ2) is 8.98. The molecule has 8 heteroatoms. The van der Waals surface area contributed by atoms with E-state index >= 15 is 0 Å². The van der Waals surface area contributed by atoms with Gasteiger partial charge < -0.3 is 10.6 Å². The first-order chi connectivity index (χ1) is 13.1. The Morgan fingerprint density at radius 2 is 1.96 bits per heavy atom. The lowest BCUT2D eigenvalue weighted by Crippen LogP contribution is -2.34. The number of nitrogens with one attached hydrogen (secondary N) is 2. The van der Waals surface area contributed by atoms with E-state index < -0.39 is 6.04 Å². The Labute approximate surface area is 157 Å². The fraction of sp³-hybridized carbons (Fsp3) is 0.368. The fourth-order valence-corrected chi connectivity index (χ4v) is 2.98. The maximum atomic E-state index is 12.4. The van der Waals surface area contributed by atoms with Crippen molar-refractivity contribution in [1.29, 1.82) is 0 Å². The topological polar surface area (TPSA) is 96.3 Å². The molecule has 1 saturated heterocycles. The van der Waals surface area contributed by atoms with Crippen LogP contribution in [0.3, 0.4) is 0 Å². The van der Waals surface area contributed by atoms with Gasteiger partial charge in [-0.2, -0.15) is 5.10 Å². The lowest BCUT2D eigenvalue weighted by molar-refractivity contribution is -0.127. The second-order valence-corrected chi connectivity index (χ2v) is 6.39. The molecule has 1 fully saturated rings. The Balaban J connectivity index is 1.39. The molecule has 27 heavy (non-hydrogen) atoms. The zero-order chi connectivity index (χ0) is 19.1. The van der Waals surface area contributed by atoms with Crippen molar-refractivity contribution in [2.24, 2.45) is 0 Å². The third-order valence-corrected chi connectivity index (χ3v) is 4.46. The van der Waals surface area contributed by atoms with E-state index in [0.29, 0.717) is 32.5 Å². The van der Waals surface area contributed by atoms with Crippen molar-refractivity contribution < 1.29 is 14.4 Å². The smallest absolute Gasteiger partial charge is 0.324 e. The van der Waals surface area contributed by atoms with Crippen LogP contribution in [-0.2, 0) is 22.6 Å². The van der Waals surface area contributed by atoms with Crippen molar-refractivity contribution in [3.05, 3.63) is 54.4 Å². The summed E-state index contributed by atoms with van der Waals surface area (Å²) >= 11 is 0. The largest absolute Gasteiger partial charge is 0.354 e. The Morgan fingerprint density at radius 1 is 1.15 bits per heavy atom. The molecule has 0 radical (unpaired) electrons. The van der Waals surface area contributed by atoms with Crippen molar-refractivity contribution in [2.75, 3.05) is 13.1 Å². The number of imide groups is 1. The highest BCUT2D eigenvalue weighted by atomic mass is 16.2. The van der Waals surface area contributed by atoms with Crippen LogP contribution in [0.15, 0.2) is 48.8 Å². The summed E-state index contributed by atoms with van der Waals surface area (Å²) in [6.07, 6.45) is 4.59. The van der Waals surface area contributed by atoms with Gasteiger partial charge in [-0.25, -0.2) is 4.79 Å². The maximum Gasteiger partial charge on any atom is 0.324 e. The first-order valence-electron chi connectivity index (χ1n) is 9.03. The average molecular weight is 369 g/mol. The minimum Gasteiger partial charge on any atom is -0.354 e. The van der Waals surface area contributed by atoms with Crippen LogP contribution >= 0.6 is 0 Å². The first kappa shape index (κ1) is 18.6. The molecule has 4 amide bonds. The Hall–Kier alpha value is -3.16. The van der Waals surface area contributed by atoms with Crippen molar-refractivity contribution in [2.45, 2.75) is 31.8 Å². The van der Waals surface area contributed by atoms with Gasteiger partial charge in [0, 0.05) is 31.9 Å². The Bertz CT molecular complexity index is 776. The minimum atomic E-state index is -0.634. The van der Waals surface area contributed by atoms with Gasteiger partial charge in [0.25, 0.3) is 5.91 Å². The average Bonchev–Trinajstić information content (AvgIpc) is 3.28. The van der Waals surface area contributed by atoms with Crippen LogP contribution in [0.4, 0.5) is 4.79 Å². The minimum absolute atomic E-state index is 0.146. The Kier molecular flexibility index (Phi) is 6.19. The van der Waals surface area contributed by atoms with Crippen LogP contribution in [0.2, 0.25) is 0 Å². The number of benzene rings is 1. The summed E-state index contributed by atoms with van der Waals surface area (Å²) in [6, 6.07) is 10.5. The zero-order valence-electron chi connectivity index (χ0n) is 15.0. The molecule has 0 spiro atoms. The summed E-state index contributed by atoms with van der Waals surface area (Å²) in [6.45, 7) is 1.39. The zero-order valence-corrected chi connectivity index (χ0v) is 15.0. The molecule has 0 unspecified atom stereocenters. The molecule has 2 aromatic rings. The van der Waals surface area contributed by atoms with E-state index in [4.69, 9.17) is 0 Å². The van der Waals surface area contributed by atoms with Gasteiger partial charge in [0.05, 0.1) is 6.54 Å². The van der Waals surface area contributed by atoms with Gasteiger partial charge in [-0.3, -0.25) is 19.2 Å². The van der Waals surface area contributed by atoms with Gasteiger partial charge in [0.15, 0.2) is 0 Å². The summed E-state index contributed by atoms with van der Waals surface area (Å²) in [5.74, 6) is -0.410. The van der Waals surface area contributed by atoms with Gasteiger partial charge >= 0.3 is 6.03 Å². The monoisotopic (exact) mass is 369 g/mol. The molecule has 0 bridgehead atoms. The molecule has 0 aliphatic carbocycles. The number of hydrogen-bond acceptors (Lipinski definition) is 4. The van der Waals surface area contributed by atoms with Crippen molar-refractivity contribution in [3.63, 3.8) is 0 Å². The molecule has 8 nitrogen and oxygen atoms in total. The van der Waals surface area contributed by atoms with E-state index in [1.807, 2.05) is 42.6 Å². The number of carbonyl (C=O) groups is 3. The fourth-order valence-electron chi connectivity index (χ4n) is 2.98. The van der Waals surface area contributed by atoms with Crippen LogP contribution in [0.25, 0.3) is 0 Å². The van der Waals surface area contributed by atoms with Crippen molar-refractivity contribution in [1.82, 2.24) is 25.3 Å². The number of hydrogen-bond donors (Lipinski definition) is 2. The van der Waals surface area contributed by atoms with Gasteiger partial charge in [-0.1, -0.05) is 30.3 Å². The molecule has 2 heterocycles. The molecule has 1 atom stereocenters. The SMILES string of the molecule is O=C(CC[C@@H]1NC(=O)N(CCc2ccccc2)C1=O)NCCn1cccn1. The lowest BCUT2D eigenvalue weighted by atomic mass is 10.1. The summed E-state index contributed by atoms with van der Waals surface area (Å²) in [4.78, 5) is 37.6. The summed E-state index contributed by atoms with van der Waals surface area (Å²) in [5.41, 5.74) is 1.07. The second-order valence-electron chi connectivity index (χ2n) is 6.39. The molecule has 1 aliphatic rings. The summed E-state index contributed by atoms with van der Waals surface area (Å²) in [7, 11) is 0. The number of nitrogens with zero attached hydrogens (tertiary/aromatic N) is 3. The summed E-state index contributed by atoms with van der Waals surface area (Å²) in [5, 5.41) is 9.51. The third kappa shape index (κ3) is 5.16. The first-order valence-corrected chi connectivity index (χ1v) is 9.03. The highest BCUT2D eigenvalue weighted by Crippen LogP contribution is 2.12. The number of urea groups is 1. The number of rotatable bonds is 9. The predicted molar refractivity (Wildman–Crippen MR) is 98.6 cm³/mol. The van der Waals surface area contributed by atoms with Crippen LogP contribution in [0.5, 0.6) is 0 Å². The van der Waals surface area contributed by atoms with Crippen molar-refractivity contribution >= 4 is 17.8 Å². The highest BCUT2D eigenvalue weighted by Gasteiger charge is 2.37. The van der Waals surface area contributed by atoms with Crippen LogP contribution in [-0.4, -0.2) is 51.7 Å². The number of carbonyl (C=O) groups excluding carboxylic acids is 3. The van der Waals surface area contributed by atoms with E-state index in [1.165, 1.54) is 4.90 Å². The molecular weight excluding hydrogens is 346 g/mol. The molecule has 1 aliphatic heterocycles. The van der Waals surface area contributed by atoms with E-state index in [1.54, 1.807) is 10.9 Å². The predicted octanol–water partition coefficient (Wildman–Crippen LogP) is 0.943. The highest BCUT2D eigenvalue weighted by molar-refractivity contribution is 6.04. The molecular formula is C19H23N5O3. The normalized spacial score (nSPS) is 16.4. The molecule has 2 N–H and O–H groups in total. The van der Waals surface area contributed by atoms with E-state index in [0.717, 1.165) is 5.56 Å². The van der Waals surface area contributed by atoms with Gasteiger partial charge in [-0.05, 0) is 24.5 Å². The molecule has 142 valence electrons. The third-order valence-electron chi connectivity index (χ3n) is 4.46. The van der Waals surface area contributed by atoms with Gasteiger partial charge in [0.1, 0.15) is 6.04 Å². The number of aromatic nitrogens is 2. The van der Waals surface area contributed by atoms with E-state index in [9.17, 15) is 14.4 Å². The molecule has 1 aromatic heterocycles. The maximum absolute atomic E-state index is 12.4. The van der Waals surface area contributed by atoms with E-state index in [-0.39, 0.29) is 24.3 Å². The standard InChI is InChI=1S/C19H23N5O3/c25-17(20-11-14-23-12-4-10-21-23)8-7-16-18(26)24(19(27)22-16)13-9-15-5-2-1-3-6-15/h1-6,10,12,16H,7-9,11,13-14H2,(H,20,25)(H,22,27)/t16-/m0/s1. The quantitative estimate of drug-likeness (QED) is 0.643. The molecule has 0 saturated carbocycles. The van der Waals surface area contributed by atoms with Crippen LogP contribution < -0.4 is 10.6 Å². The Morgan fingerprint density at radius 3 is 2.70 bits per heavy atom. The molecule has 1 aromatic carbocycles. The molecule has 3 rings (SSSR count). The lowest BCUT2D eigenvalue weighted by Gasteiger charge is -2.13. The van der Waals surface area contributed by atoms with Crippen LogP contribution in [0, 0.1) is 0 Å². The summed E-state index contributed by atoms with van der Waals surface area (Å²) < 4.78 is 1.73. The van der Waals surface area contributed by atoms with Crippen molar-refractivity contribution in [3.8, 4) is 0 Å². The van der Waals surface area contributed by atoms with E-state index in [2.05, 4.69) is 15.7 Å². The number of amides is 4.